The zero-order chi connectivity index (χ0) is 11.4. The van der Waals surface area contributed by atoms with Crippen LogP contribution in [0.2, 0.25) is 0 Å². The highest BCUT2D eigenvalue weighted by Gasteiger charge is 2.15. The van der Waals surface area contributed by atoms with Gasteiger partial charge < -0.3 is 0 Å². The van der Waals surface area contributed by atoms with Crippen LogP contribution in [0.3, 0.4) is 0 Å². The smallest absolute Gasteiger partial charge is 0.0964 e. The molecule has 80 valence electrons. The molecule has 2 rings (SSSR count). The summed E-state index contributed by atoms with van der Waals surface area (Å²) in [5, 5.41) is 0. The van der Waals surface area contributed by atoms with Gasteiger partial charge in [0.2, 0.25) is 0 Å². The van der Waals surface area contributed by atoms with Gasteiger partial charge in [-0.1, -0.05) is 30.4 Å². The van der Waals surface area contributed by atoms with E-state index >= 15 is 0 Å². The van der Waals surface area contributed by atoms with Crippen LogP contribution in [-0.2, 0) is 0 Å². The predicted octanol–water partition coefficient (Wildman–Crippen LogP) is 3.38. The summed E-state index contributed by atoms with van der Waals surface area (Å²) in [4.78, 5) is 8.84. The third-order valence-electron chi connectivity index (χ3n) is 2.44. The molecule has 0 N–H and O–H groups in total. The summed E-state index contributed by atoms with van der Waals surface area (Å²) >= 11 is 0. The van der Waals surface area contributed by atoms with E-state index in [2.05, 4.69) is 34.3 Å². The van der Waals surface area contributed by atoms with Gasteiger partial charge in [-0.25, -0.2) is 0 Å². The quantitative estimate of drug-likeness (QED) is 0.697. The third-order valence-corrected chi connectivity index (χ3v) is 2.44. The van der Waals surface area contributed by atoms with Crippen LogP contribution in [0.1, 0.15) is 25.1 Å². The molecule has 1 aliphatic rings. The van der Waals surface area contributed by atoms with Gasteiger partial charge in [-0.15, -0.1) is 0 Å². The standard InChI is InChI=1S/C14H14N2/c1-3-9-15-13-11(4-2)7-8-12-6-5-10-16-14(12)13/h3-10H,1-2H3/b9-3-,11-4-,15-13+. The molecule has 0 aromatic carbocycles. The highest BCUT2D eigenvalue weighted by Crippen LogP contribution is 2.21. The van der Waals surface area contributed by atoms with Crippen molar-refractivity contribution in [3.8, 4) is 0 Å². The number of nitrogens with zero attached hydrogens (tertiary/aromatic N) is 2. The van der Waals surface area contributed by atoms with Crippen LogP contribution in [0.4, 0.5) is 0 Å². The second-order valence-corrected chi connectivity index (χ2v) is 3.48. The van der Waals surface area contributed by atoms with Crippen LogP contribution < -0.4 is 0 Å². The minimum atomic E-state index is 0.943. The average molecular weight is 210 g/mol. The molecular weight excluding hydrogens is 196 g/mol. The Balaban J connectivity index is 2.59. The zero-order valence-corrected chi connectivity index (χ0v) is 9.51. The molecule has 0 unspecified atom stereocenters. The number of rotatable bonds is 1. The van der Waals surface area contributed by atoms with Crippen LogP contribution in [0.25, 0.3) is 6.08 Å². The number of hydrogen-bond acceptors (Lipinski definition) is 2. The third kappa shape index (κ3) is 1.87. The molecule has 1 aromatic rings. The lowest BCUT2D eigenvalue weighted by Gasteiger charge is -2.13. The van der Waals surface area contributed by atoms with E-state index in [9.17, 15) is 0 Å². The first kappa shape index (κ1) is 10.6. The van der Waals surface area contributed by atoms with Gasteiger partial charge in [-0.2, -0.15) is 0 Å². The summed E-state index contributed by atoms with van der Waals surface area (Å²) in [6, 6.07) is 3.99. The van der Waals surface area contributed by atoms with Crippen molar-refractivity contribution in [2.75, 3.05) is 0 Å². The Morgan fingerprint density at radius 2 is 2.12 bits per heavy atom. The van der Waals surface area contributed by atoms with E-state index in [0.29, 0.717) is 0 Å². The molecule has 0 atom stereocenters. The van der Waals surface area contributed by atoms with Gasteiger partial charge in [0.15, 0.2) is 0 Å². The molecule has 0 saturated carbocycles. The second kappa shape index (κ2) is 4.71. The Morgan fingerprint density at radius 1 is 1.25 bits per heavy atom. The molecular formula is C14H14N2. The van der Waals surface area contributed by atoms with Crippen LogP contribution in [0.15, 0.2) is 53.3 Å². The van der Waals surface area contributed by atoms with E-state index in [1.165, 1.54) is 0 Å². The molecule has 0 amide bonds. The minimum Gasteiger partial charge on any atom is -0.254 e. The van der Waals surface area contributed by atoms with Crippen molar-refractivity contribution in [1.29, 1.82) is 0 Å². The molecule has 2 heteroatoms. The molecule has 0 aliphatic heterocycles. The van der Waals surface area contributed by atoms with Crippen molar-refractivity contribution < 1.29 is 0 Å². The van der Waals surface area contributed by atoms with E-state index in [-0.39, 0.29) is 0 Å². The SMILES string of the molecule is C\C=C/N=C1\C(=C/C)C=Cc2cccnc21. The molecule has 1 heterocycles. The lowest BCUT2D eigenvalue weighted by molar-refractivity contribution is 1.26. The van der Waals surface area contributed by atoms with Crippen LogP contribution in [-0.4, -0.2) is 10.7 Å². The Labute approximate surface area is 95.8 Å². The Bertz CT molecular complexity index is 505. The van der Waals surface area contributed by atoms with Crippen LogP contribution in [0, 0.1) is 0 Å². The van der Waals surface area contributed by atoms with E-state index in [4.69, 9.17) is 0 Å². The van der Waals surface area contributed by atoms with Gasteiger partial charge in [-0.05, 0) is 25.5 Å². The summed E-state index contributed by atoms with van der Waals surface area (Å²) in [6.07, 6.45) is 11.7. The summed E-state index contributed by atoms with van der Waals surface area (Å²) in [5.74, 6) is 0. The summed E-state index contributed by atoms with van der Waals surface area (Å²) in [5.41, 5.74) is 4.13. The number of aromatic nitrogens is 1. The molecule has 0 spiro atoms. The fourth-order valence-electron chi connectivity index (χ4n) is 1.66. The number of hydrogen-bond donors (Lipinski definition) is 0. The van der Waals surface area contributed by atoms with Crippen molar-refractivity contribution in [1.82, 2.24) is 4.98 Å². The van der Waals surface area contributed by atoms with Gasteiger partial charge in [0.1, 0.15) is 0 Å². The molecule has 0 saturated heterocycles. The normalized spacial score (nSPS) is 19.6. The maximum absolute atomic E-state index is 4.45. The Hall–Kier alpha value is -1.96. The second-order valence-electron chi connectivity index (χ2n) is 3.48. The molecule has 0 radical (unpaired) electrons. The fourth-order valence-corrected chi connectivity index (χ4v) is 1.66. The van der Waals surface area contributed by atoms with Gasteiger partial charge in [0.25, 0.3) is 0 Å². The molecule has 0 bridgehead atoms. The highest BCUT2D eigenvalue weighted by atomic mass is 14.8. The van der Waals surface area contributed by atoms with E-state index in [1.807, 2.05) is 26.0 Å². The molecule has 0 fully saturated rings. The van der Waals surface area contributed by atoms with Crippen LogP contribution in [0.5, 0.6) is 0 Å². The maximum Gasteiger partial charge on any atom is 0.0964 e. The van der Waals surface area contributed by atoms with Gasteiger partial charge in [0, 0.05) is 18.0 Å². The fraction of sp³-hybridized carbons (Fsp3) is 0.143. The van der Waals surface area contributed by atoms with Crippen molar-refractivity contribution in [3.63, 3.8) is 0 Å². The number of allylic oxidation sites excluding steroid dienone is 4. The zero-order valence-electron chi connectivity index (χ0n) is 9.51. The summed E-state index contributed by atoms with van der Waals surface area (Å²) < 4.78 is 0. The number of aliphatic imine (C=N–C) groups is 1. The van der Waals surface area contributed by atoms with Crippen molar-refractivity contribution in [2.24, 2.45) is 4.99 Å². The topological polar surface area (TPSA) is 25.2 Å². The first-order chi connectivity index (χ1) is 7.86. The van der Waals surface area contributed by atoms with Crippen molar-refractivity contribution in [2.45, 2.75) is 13.8 Å². The first-order valence-electron chi connectivity index (χ1n) is 5.36. The highest BCUT2D eigenvalue weighted by molar-refractivity contribution is 6.17. The lowest BCUT2D eigenvalue weighted by atomic mass is 9.96. The van der Waals surface area contributed by atoms with E-state index in [0.717, 1.165) is 22.5 Å². The lowest BCUT2D eigenvalue weighted by Crippen LogP contribution is -2.11. The number of fused-ring (bicyclic) bond motifs is 1. The number of pyridine rings is 1. The molecule has 16 heavy (non-hydrogen) atoms. The monoisotopic (exact) mass is 210 g/mol. The Morgan fingerprint density at radius 3 is 2.88 bits per heavy atom. The van der Waals surface area contributed by atoms with Gasteiger partial charge in [-0.3, -0.25) is 9.98 Å². The van der Waals surface area contributed by atoms with E-state index in [1.54, 1.807) is 12.4 Å². The van der Waals surface area contributed by atoms with Crippen molar-refractivity contribution in [3.05, 3.63) is 59.6 Å². The van der Waals surface area contributed by atoms with E-state index < -0.39 is 0 Å². The summed E-state index contributed by atoms with van der Waals surface area (Å²) in [7, 11) is 0. The largest absolute Gasteiger partial charge is 0.254 e. The maximum atomic E-state index is 4.45. The average Bonchev–Trinajstić information content (AvgIpc) is 2.35. The predicted molar refractivity (Wildman–Crippen MR) is 68.4 cm³/mol. The molecule has 1 aliphatic carbocycles. The molecule has 1 aromatic heterocycles. The minimum absolute atomic E-state index is 0.943. The molecule has 2 nitrogen and oxygen atoms in total. The van der Waals surface area contributed by atoms with Crippen LogP contribution >= 0.6 is 0 Å². The first-order valence-corrected chi connectivity index (χ1v) is 5.36. The Kier molecular flexibility index (Phi) is 3.10. The van der Waals surface area contributed by atoms with Gasteiger partial charge in [0.05, 0.1) is 11.4 Å². The summed E-state index contributed by atoms with van der Waals surface area (Å²) in [6.45, 7) is 3.97. The van der Waals surface area contributed by atoms with Crippen molar-refractivity contribution >= 4 is 11.8 Å². The van der Waals surface area contributed by atoms with Gasteiger partial charge >= 0.3 is 0 Å².